The lowest BCUT2D eigenvalue weighted by atomic mass is 10.1. The maximum atomic E-state index is 12.3. The summed E-state index contributed by atoms with van der Waals surface area (Å²) in [5.74, 6) is -0.238. The van der Waals surface area contributed by atoms with Crippen molar-refractivity contribution in [1.29, 1.82) is 5.41 Å². The number of benzene rings is 3. The Morgan fingerprint density at radius 2 is 0.848 bits per heavy atom. The average Bonchev–Trinajstić information content (AvgIpc) is 3.08. The molecule has 0 aliphatic rings. The number of carbonyl (C=O) groups is 4. The van der Waals surface area contributed by atoms with E-state index < -0.39 is 0 Å². The van der Waals surface area contributed by atoms with E-state index in [0.717, 1.165) is 33.4 Å². The van der Waals surface area contributed by atoms with Crippen LogP contribution in [0.2, 0.25) is 0 Å². The summed E-state index contributed by atoms with van der Waals surface area (Å²) in [5.41, 5.74) is 11.3. The lowest BCUT2D eigenvalue weighted by Gasteiger charge is -2.09. The predicted octanol–water partition coefficient (Wildman–Crippen LogP) is 4.13. The molecule has 0 aromatic heterocycles. The van der Waals surface area contributed by atoms with Crippen molar-refractivity contribution in [1.82, 2.24) is 21.3 Å². The van der Waals surface area contributed by atoms with Gasteiger partial charge < -0.3 is 32.4 Å². The highest BCUT2D eigenvalue weighted by atomic mass is 16.2. The minimum Gasteiger partial charge on any atom is -0.352 e. The van der Waals surface area contributed by atoms with E-state index >= 15 is 0 Å². The van der Waals surface area contributed by atoms with Gasteiger partial charge in [-0.3, -0.25) is 19.2 Å². The molecule has 46 heavy (non-hydrogen) atoms. The molecule has 0 radical (unpaired) electrons. The highest BCUT2D eigenvalue weighted by Gasteiger charge is 2.08. The van der Waals surface area contributed by atoms with Crippen LogP contribution in [-0.4, -0.2) is 29.8 Å². The van der Waals surface area contributed by atoms with Crippen LogP contribution in [0.25, 0.3) is 0 Å². The van der Waals surface area contributed by atoms with Crippen molar-refractivity contribution in [3.8, 4) is 0 Å². The molecule has 3 aromatic rings. The van der Waals surface area contributed by atoms with Gasteiger partial charge in [0, 0.05) is 64.6 Å². The quantitative estimate of drug-likeness (QED) is 0.0818. The first-order valence-electron chi connectivity index (χ1n) is 15.9. The van der Waals surface area contributed by atoms with Crippen LogP contribution in [0, 0.1) is 5.41 Å². The summed E-state index contributed by atoms with van der Waals surface area (Å²) in [7, 11) is 0. The molecule has 3 aromatic carbocycles. The van der Waals surface area contributed by atoms with E-state index in [9.17, 15) is 19.2 Å². The van der Waals surface area contributed by atoms with Crippen LogP contribution in [-0.2, 0) is 51.9 Å². The van der Waals surface area contributed by atoms with E-state index in [1.54, 1.807) is 0 Å². The van der Waals surface area contributed by atoms with Crippen LogP contribution >= 0.6 is 0 Å². The fourth-order valence-corrected chi connectivity index (χ4v) is 4.81. The maximum absolute atomic E-state index is 12.3. The summed E-state index contributed by atoms with van der Waals surface area (Å²) in [4.78, 5) is 48.9. The van der Waals surface area contributed by atoms with Gasteiger partial charge in [-0.05, 0) is 65.1 Å². The van der Waals surface area contributed by atoms with Crippen LogP contribution in [0.15, 0.2) is 72.8 Å². The second-order valence-corrected chi connectivity index (χ2v) is 11.3. The maximum Gasteiger partial charge on any atom is 0.220 e. The Morgan fingerprint density at radius 1 is 0.522 bits per heavy atom. The number of rotatable bonds is 20. The van der Waals surface area contributed by atoms with Crippen LogP contribution in [0.4, 0.5) is 0 Å². The molecular formula is C36H46N6O4. The van der Waals surface area contributed by atoms with Crippen molar-refractivity contribution < 1.29 is 19.2 Å². The molecule has 10 heteroatoms. The molecule has 0 saturated carbocycles. The first-order chi connectivity index (χ1) is 22.3. The Kier molecular flexibility index (Phi) is 15.7. The highest BCUT2D eigenvalue weighted by Crippen LogP contribution is 2.09. The molecule has 10 nitrogen and oxygen atoms in total. The average molecular weight is 627 g/mol. The lowest BCUT2D eigenvalue weighted by molar-refractivity contribution is -0.123. The van der Waals surface area contributed by atoms with Gasteiger partial charge in [0.2, 0.25) is 23.6 Å². The van der Waals surface area contributed by atoms with Crippen LogP contribution in [0.1, 0.15) is 84.7 Å². The number of nitrogens with one attached hydrogen (secondary N) is 5. The van der Waals surface area contributed by atoms with Gasteiger partial charge in [0.1, 0.15) is 0 Å². The second kappa shape index (κ2) is 20.2. The third-order valence-electron chi connectivity index (χ3n) is 7.41. The molecule has 0 fully saturated rings. The Balaban J connectivity index is 1.22. The third-order valence-corrected chi connectivity index (χ3v) is 7.41. The zero-order chi connectivity index (χ0) is 33.0. The molecular weight excluding hydrogens is 580 g/mol. The largest absolute Gasteiger partial charge is 0.352 e. The molecule has 0 unspecified atom stereocenters. The molecule has 3 rings (SSSR count). The molecule has 0 spiro atoms. The SMILES string of the molecule is N=Cc1cccc(CNC(=O)CCCCC(=O)NCc2cccc(CNC(=O)CCCCC(=O)NCc3cccc(CN)c3)c2)c1. The van der Waals surface area contributed by atoms with Gasteiger partial charge in [-0.1, -0.05) is 66.7 Å². The van der Waals surface area contributed by atoms with E-state index in [1.807, 2.05) is 72.8 Å². The van der Waals surface area contributed by atoms with E-state index in [1.165, 1.54) is 6.21 Å². The van der Waals surface area contributed by atoms with Gasteiger partial charge in [0.15, 0.2) is 0 Å². The topological polar surface area (TPSA) is 166 Å². The van der Waals surface area contributed by atoms with Crippen molar-refractivity contribution in [2.45, 2.75) is 84.1 Å². The number of amides is 4. The first kappa shape index (κ1) is 35.6. The van der Waals surface area contributed by atoms with Crippen molar-refractivity contribution in [2.24, 2.45) is 5.73 Å². The Bertz CT molecular complexity index is 1460. The minimum absolute atomic E-state index is 0.0379. The molecule has 0 atom stereocenters. The molecule has 0 aliphatic heterocycles. The summed E-state index contributed by atoms with van der Waals surface area (Å²) in [6, 6.07) is 23.0. The molecule has 0 saturated heterocycles. The van der Waals surface area contributed by atoms with E-state index in [2.05, 4.69) is 21.3 Å². The third kappa shape index (κ3) is 14.3. The minimum atomic E-state index is -0.0722. The zero-order valence-electron chi connectivity index (χ0n) is 26.4. The van der Waals surface area contributed by atoms with Gasteiger partial charge in [-0.25, -0.2) is 0 Å². The summed E-state index contributed by atoms with van der Waals surface area (Å²) < 4.78 is 0. The normalized spacial score (nSPS) is 10.5. The lowest BCUT2D eigenvalue weighted by Crippen LogP contribution is -2.24. The Morgan fingerprint density at radius 3 is 1.22 bits per heavy atom. The Hall–Kier alpha value is -4.83. The predicted molar refractivity (Wildman–Crippen MR) is 179 cm³/mol. The summed E-state index contributed by atoms with van der Waals surface area (Å²) in [6.07, 6.45) is 5.18. The number of unbranched alkanes of at least 4 members (excludes halogenated alkanes) is 2. The smallest absolute Gasteiger partial charge is 0.220 e. The summed E-state index contributed by atoms with van der Waals surface area (Å²) in [5, 5.41) is 19.0. The van der Waals surface area contributed by atoms with Gasteiger partial charge in [0.05, 0.1) is 0 Å². The fourth-order valence-electron chi connectivity index (χ4n) is 4.81. The van der Waals surface area contributed by atoms with Gasteiger partial charge in [-0.15, -0.1) is 0 Å². The van der Waals surface area contributed by atoms with Crippen molar-refractivity contribution in [2.75, 3.05) is 0 Å². The molecule has 0 bridgehead atoms. The van der Waals surface area contributed by atoms with E-state index in [-0.39, 0.29) is 23.6 Å². The fraction of sp³-hybridized carbons (Fsp3) is 0.361. The molecule has 7 N–H and O–H groups in total. The van der Waals surface area contributed by atoms with E-state index in [4.69, 9.17) is 11.1 Å². The first-order valence-corrected chi connectivity index (χ1v) is 15.9. The molecule has 0 heterocycles. The number of hydrogen-bond acceptors (Lipinski definition) is 6. The summed E-state index contributed by atoms with van der Waals surface area (Å²) >= 11 is 0. The second-order valence-electron chi connectivity index (χ2n) is 11.3. The highest BCUT2D eigenvalue weighted by molar-refractivity contribution is 5.78. The van der Waals surface area contributed by atoms with Gasteiger partial charge >= 0.3 is 0 Å². The van der Waals surface area contributed by atoms with Crippen LogP contribution < -0.4 is 27.0 Å². The molecule has 244 valence electrons. The van der Waals surface area contributed by atoms with Crippen LogP contribution in [0.5, 0.6) is 0 Å². The van der Waals surface area contributed by atoms with E-state index in [0.29, 0.717) is 84.1 Å². The number of carbonyl (C=O) groups excluding carboxylic acids is 4. The van der Waals surface area contributed by atoms with Crippen molar-refractivity contribution in [3.63, 3.8) is 0 Å². The van der Waals surface area contributed by atoms with Crippen molar-refractivity contribution in [3.05, 3.63) is 106 Å². The van der Waals surface area contributed by atoms with Gasteiger partial charge in [-0.2, -0.15) is 0 Å². The van der Waals surface area contributed by atoms with Crippen molar-refractivity contribution >= 4 is 29.8 Å². The molecule has 0 aliphatic carbocycles. The zero-order valence-corrected chi connectivity index (χ0v) is 26.4. The number of hydrogen-bond donors (Lipinski definition) is 6. The standard InChI is InChI=1S/C36H46N6O4/c37-21-27-8-5-10-29(18-27)23-39-33(43)14-1-3-16-35(45)41-25-31-12-7-13-32(20-31)26-42-36(46)17-4-2-15-34(44)40-24-30-11-6-9-28(19-30)22-38/h5-13,18-21,37H,1-4,14-17,22-26,38H2,(H,39,43)(H,40,44)(H,41,45)(H,42,46). The van der Waals surface area contributed by atoms with Crippen LogP contribution in [0.3, 0.4) is 0 Å². The monoisotopic (exact) mass is 626 g/mol. The van der Waals surface area contributed by atoms with Gasteiger partial charge in [0.25, 0.3) is 0 Å². The number of nitrogens with two attached hydrogens (primary N) is 1. The molecule has 4 amide bonds. The Labute approximate surface area is 271 Å². The summed E-state index contributed by atoms with van der Waals surface area (Å²) in [6.45, 7) is 2.11.